The molecule has 1 aromatic heterocycles. The van der Waals surface area contributed by atoms with Gasteiger partial charge in [0.05, 0.1) is 12.0 Å². The summed E-state index contributed by atoms with van der Waals surface area (Å²) in [5, 5.41) is 2.64. The minimum Gasteiger partial charge on any atom is -0.481 e. The first-order chi connectivity index (χ1) is 10.9. The molecule has 0 aliphatic carbocycles. The van der Waals surface area contributed by atoms with Crippen LogP contribution in [0.3, 0.4) is 0 Å². The molecule has 122 valence electrons. The predicted molar refractivity (Wildman–Crippen MR) is 84.8 cm³/mol. The highest BCUT2D eigenvalue weighted by atomic mass is 32.2. The summed E-state index contributed by atoms with van der Waals surface area (Å²) >= 11 is 0. The summed E-state index contributed by atoms with van der Waals surface area (Å²) in [4.78, 5) is 19.0. The lowest BCUT2D eigenvalue weighted by atomic mass is 10.3. The van der Waals surface area contributed by atoms with Crippen molar-refractivity contribution in [1.29, 1.82) is 0 Å². The number of nitrogens with one attached hydrogen (secondary N) is 2. The first-order valence-corrected chi connectivity index (χ1v) is 8.21. The molecule has 8 nitrogen and oxygen atoms in total. The molecule has 0 spiro atoms. The van der Waals surface area contributed by atoms with E-state index in [1.54, 1.807) is 6.92 Å². The summed E-state index contributed by atoms with van der Waals surface area (Å²) in [5.74, 6) is 0.197. The molecule has 0 bridgehead atoms. The summed E-state index contributed by atoms with van der Waals surface area (Å²) in [6, 6.07) is 7.19. The Balaban J connectivity index is 2.17. The zero-order valence-electron chi connectivity index (χ0n) is 12.6. The molecule has 0 atom stereocenters. The Labute approximate surface area is 134 Å². The first-order valence-electron chi connectivity index (χ1n) is 6.73. The minimum absolute atomic E-state index is 0.0459. The smallest absolute Gasteiger partial charge is 0.263 e. The van der Waals surface area contributed by atoms with E-state index in [1.807, 2.05) is 0 Å². The fourth-order valence-corrected chi connectivity index (χ4v) is 2.67. The van der Waals surface area contributed by atoms with Crippen LogP contribution >= 0.6 is 0 Å². The second-order valence-electron chi connectivity index (χ2n) is 4.48. The van der Waals surface area contributed by atoms with Gasteiger partial charge >= 0.3 is 0 Å². The number of carbonyl (C=O) groups excluding carboxylic acids is 1. The Hall–Kier alpha value is -2.68. The molecule has 0 aliphatic heterocycles. The van der Waals surface area contributed by atoms with Crippen molar-refractivity contribution in [3.63, 3.8) is 0 Å². The summed E-state index contributed by atoms with van der Waals surface area (Å²) < 4.78 is 31.8. The van der Waals surface area contributed by atoms with Gasteiger partial charge in [-0.05, 0) is 24.3 Å². The normalized spacial score (nSPS) is 10.9. The molecule has 1 heterocycles. The predicted octanol–water partition coefficient (Wildman–Crippen LogP) is 1.63. The van der Waals surface area contributed by atoms with E-state index in [2.05, 4.69) is 20.0 Å². The van der Waals surface area contributed by atoms with Crippen molar-refractivity contribution < 1.29 is 17.9 Å². The molecule has 2 aromatic rings. The van der Waals surface area contributed by atoms with E-state index < -0.39 is 10.0 Å². The third-order valence-electron chi connectivity index (χ3n) is 2.86. The van der Waals surface area contributed by atoms with Crippen LogP contribution in [0.1, 0.15) is 13.3 Å². The maximum atomic E-state index is 12.3. The van der Waals surface area contributed by atoms with Crippen LogP contribution < -0.4 is 14.8 Å². The number of aromatic nitrogens is 2. The van der Waals surface area contributed by atoms with E-state index in [1.165, 1.54) is 43.8 Å². The highest BCUT2D eigenvalue weighted by Crippen LogP contribution is 2.18. The van der Waals surface area contributed by atoms with Crippen LogP contribution in [0.25, 0.3) is 0 Å². The SMILES string of the molecule is CCC(=O)Nc1ccc(S(=O)(=O)Nc2cc(OC)ncn2)cc1. The van der Waals surface area contributed by atoms with Crippen LogP contribution in [0.2, 0.25) is 0 Å². The van der Waals surface area contributed by atoms with Gasteiger partial charge in [-0.3, -0.25) is 9.52 Å². The summed E-state index contributed by atoms with van der Waals surface area (Å²) in [5.41, 5.74) is 0.527. The third-order valence-corrected chi connectivity index (χ3v) is 4.23. The number of sulfonamides is 1. The van der Waals surface area contributed by atoms with Gasteiger partial charge in [0.25, 0.3) is 10.0 Å². The van der Waals surface area contributed by atoms with Crippen molar-refractivity contribution in [2.45, 2.75) is 18.2 Å². The monoisotopic (exact) mass is 336 g/mol. The van der Waals surface area contributed by atoms with Gasteiger partial charge in [-0.15, -0.1) is 0 Å². The molecule has 1 amide bonds. The third kappa shape index (κ3) is 4.39. The number of nitrogens with zero attached hydrogens (tertiary/aromatic N) is 2. The summed E-state index contributed by atoms with van der Waals surface area (Å²) in [6.07, 6.45) is 1.54. The maximum absolute atomic E-state index is 12.3. The van der Waals surface area contributed by atoms with Gasteiger partial charge in [0, 0.05) is 18.2 Å². The molecular weight excluding hydrogens is 320 g/mol. The molecule has 2 rings (SSSR count). The quantitative estimate of drug-likeness (QED) is 0.829. The Morgan fingerprint density at radius 2 is 1.91 bits per heavy atom. The molecule has 0 aliphatic rings. The lowest BCUT2D eigenvalue weighted by Gasteiger charge is -2.09. The van der Waals surface area contributed by atoms with Crippen molar-refractivity contribution in [3.05, 3.63) is 36.7 Å². The number of amides is 1. The molecular formula is C14H16N4O4S. The van der Waals surface area contributed by atoms with Crippen LogP contribution in [0.4, 0.5) is 11.5 Å². The van der Waals surface area contributed by atoms with Gasteiger partial charge in [0.1, 0.15) is 12.1 Å². The van der Waals surface area contributed by atoms with Crippen LogP contribution in [-0.2, 0) is 14.8 Å². The number of carbonyl (C=O) groups is 1. The van der Waals surface area contributed by atoms with E-state index in [0.29, 0.717) is 12.1 Å². The molecule has 0 unspecified atom stereocenters. The van der Waals surface area contributed by atoms with Gasteiger partial charge in [0.15, 0.2) is 0 Å². The number of anilines is 2. The maximum Gasteiger partial charge on any atom is 0.263 e. The molecule has 0 saturated carbocycles. The largest absolute Gasteiger partial charge is 0.481 e. The van der Waals surface area contributed by atoms with Gasteiger partial charge in [-0.25, -0.2) is 18.4 Å². The van der Waals surface area contributed by atoms with Crippen LogP contribution in [-0.4, -0.2) is 31.4 Å². The molecule has 23 heavy (non-hydrogen) atoms. The number of ether oxygens (including phenoxy) is 1. The summed E-state index contributed by atoms with van der Waals surface area (Å²) in [6.45, 7) is 1.73. The van der Waals surface area contributed by atoms with Crippen molar-refractivity contribution in [2.24, 2.45) is 0 Å². The van der Waals surface area contributed by atoms with Gasteiger partial charge in [-0.2, -0.15) is 0 Å². The fourth-order valence-electron chi connectivity index (χ4n) is 1.67. The van der Waals surface area contributed by atoms with E-state index in [0.717, 1.165) is 0 Å². The Bertz CT molecular complexity index is 791. The van der Waals surface area contributed by atoms with Gasteiger partial charge in [-0.1, -0.05) is 6.92 Å². The Kier molecular flexibility index (Phi) is 5.12. The molecule has 0 fully saturated rings. The van der Waals surface area contributed by atoms with Crippen molar-refractivity contribution in [2.75, 3.05) is 17.1 Å². The van der Waals surface area contributed by atoms with E-state index in [4.69, 9.17) is 4.74 Å². The zero-order chi connectivity index (χ0) is 16.9. The van der Waals surface area contributed by atoms with E-state index in [9.17, 15) is 13.2 Å². The molecule has 0 saturated heterocycles. The van der Waals surface area contributed by atoms with Crippen molar-refractivity contribution in [3.8, 4) is 5.88 Å². The Morgan fingerprint density at radius 1 is 1.22 bits per heavy atom. The van der Waals surface area contributed by atoms with Gasteiger partial charge in [0.2, 0.25) is 11.8 Å². The second-order valence-corrected chi connectivity index (χ2v) is 6.16. The molecule has 9 heteroatoms. The van der Waals surface area contributed by atoms with Gasteiger partial charge < -0.3 is 10.1 Å². The molecule has 0 radical (unpaired) electrons. The number of rotatable bonds is 6. The number of benzene rings is 1. The van der Waals surface area contributed by atoms with E-state index in [-0.39, 0.29) is 22.5 Å². The van der Waals surface area contributed by atoms with Crippen molar-refractivity contribution in [1.82, 2.24) is 9.97 Å². The first kappa shape index (κ1) is 16.7. The summed E-state index contributed by atoms with van der Waals surface area (Å²) in [7, 11) is -2.38. The van der Waals surface area contributed by atoms with Crippen LogP contribution in [0.5, 0.6) is 5.88 Å². The lowest BCUT2D eigenvalue weighted by molar-refractivity contribution is -0.115. The number of hydrogen-bond donors (Lipinski definition) is 2. The highest BCUT2D eigenvalue weighted by Gasteiger charge is 2.15. The molecule has 1 aromatic carbocycles. The minimum atomic E-state index is -3.80. The molecule has 2 N–H and O–H groups in total. The average molecular weight is 336 g/mol. The lowest BCUT2D eigenvalue weighted by Crippen LogP contribution is -2.14. The number of hydrogen-bond acceptors (Lipinski definition) is 6. The average Bonchev–Trinajstić information content (AvgIpc) is 2.55. The highest BCUT2D eigenvalue weighted by molar-refractivity contribution is 7.92. The number of methoxy groups -OCH3 is 1. The second kappa shape index (κ2) is 7.05. The van der Waals surface area contributed by atoms with Crippen molar-refractivity contribution >= 4 is 27.4 Å². The Morgan fingerprint density at radius 3 is 2.52 bits per heavy atom. The standard InChI is InChI=1S/C14H16N4O4S/c1-3-13(19)17-10-4-6-11(7-5-10)23(20,21)18-12-8-14(22-2)16-9-15-12/h4-9H,3H2,1-2H3,(H,17,19)(H,15,16,18). The fraction of sp³-hybridized carbons (Fsp3) is 0.214. The van der Waals surface area contributed by atoms with Crippen LogP contribution in [0.15, 0.2) is 41.6 Å². The van der Waals surface area contributed by atoms with E-state index >= 15 is 0 Å². The zero-order valence-corrected chi connectivity index (χ0v) is 13.4. The van der Waals surface area contributed by atoms with Crippen LogP contribution in [0, 0.1) is 0 Å². The topological polar surface area (TPSA) is 110 Å².